The smallest absolute Gasteiger partial charge is 0.351 e. The van der Waals surface area contributed by atoms with Crippen LogP contribution in [0.2, 0.25) is 0 Å². The van der Waals surface area contributed by atoms with Crippen molar-refractivity contribution in [1.29, 1.82) is 0 Å². The first-order valence-corrected chi connectivity index (χ1v) is 5.73. The van der Waals surface area contributed by atoms with Crippen LogP contribution in [-0.4, -0.2) is 43.5 Å². The molecule has 0 unspecified atom stereocenters. The Balaban J connectivity index is 2.42. The monoisotopic (exact) mass is 275 g/mol. The van der Waals surface area contributed by atoms with E-state index in [1.165, 1.54) is 19.2 Å². The molecule has 1 saturated heterocycles. The SMILES string of the molecule is C[C@@]1(Cl)[C@H](O)[C@@H](CO)O[C@H]1n1ccc(N)nc1=O. The second-order valence-corrected chi connectivity index (χ2v) is 5.16. The standard InChI is InChI=1S/C10H14ClN3O4/c1-10(11)7(16)5(4-15)18-8(10)14-3-2-6(12)13-9(14)17/h2-3,5,7-8,15-16H,4H2,1H3,(H2,12,13,17)/t5-,7-,8-,10-/m1/s1. The Bertz CT molecular complexity index is 504. The third kappa shape index (κ3) is 1.99. The Morgan fingerprint density at radius 1 is 1.72 bits per heavy atom. The van der Waals surface area contributed by atoms with Crippen LogP contribution >= 0.6 is 11.6 Å². The van der Waals surface area contributed by atoms with E-state index in [0.717, 1.165) is 4.57 Å². The fourth-order valence-corrected chi connectivity index (χ4v) is 2.26. The maximum Gasteiger partial charge on any atom is 0.351 e. The zero-order valence-electron chi connectivity index (χ0n) is 9.65. The van der Waals surface area contributed by atoms with E-state index >= 15 is 0 Å². The number of hydrogen-bond donors (Lipinski definition) is 3. The minimum absolute atomic E-state index is 0.0878. The van der Waals surface area contributed by atoms with Gasteiger partial charge in [-0.25, -0.2) is 4.79 Å². The van der Waals surface area contributed by atoms with Crippen molar-refractivity contribution in [2.24, 2.45) is 0 Å². The highest BCUT2D eigenvalue weighted by molar-refractivity contribution is 6.24. The maximum atomic E-state index is 11.7. The molecule has 0 spiro atoms. The zero-order chi connectivity index (χ0) is 13.5. The van der Waals surface area contributed by atoms with Crippen molar-refractivity contribution in [3.8, 4) is 0 Å². The Morgan fingerprint density at radius 3 is 2.89 bits per heavy atom. The van der Waals surface area contributed by atoms with Crippen LogP contribution in [0.5, 0.6) is 0 Å². The van der Waals surface area contributed by atoms with Gasteiger partial charge in [0.1, 0.15) is 22.9 Å². The molecule has 0 aromatic carbocycles. The van der Waals surface area contributed by atoms with Crippen molar-refractivity contribution in [1.82, 2.24) is 9.55 Å². The summed E-state index contributed by atoms with van der Waals surface area (Å²) in [5.41, 5.74) is 4.76. The summed E-state index contributed by atoms with van der Waals surface area (Å²) in [4.78, 5) is 14.0. The largest absolute Gasteiger partial charge is 0.394 e. The number of ether oxygens (including phenoxy) is 1. The van der Waals surface area contributed by atoms with Gasteiger partial charge in [0.15, 0.2) is 6.23 Å². The van der Waals surface area contributed by atoms with Gasteiger partial charge >= 0.3 is 5.69 Å². The number of nitrogens with zero attached hydrogens (tertiary/aromatic N) is 2. The summed E-state index contributed by atoms with van der Waals surface area (Å²) in [5.74, 6) is 0.0878. The van der Waals surface area contributed by atoms with Crippen LogP contribution in [0, 0.1) is 0 Å². The molecule has 1 aliphatic rings. The van der Waals surface area contributed by atoms with E-state index in [1.54, 1.807) is 0 Å². The topological polar surface area (TPSA) is 111 Å². The first-order valence-electron chi connectivity index (χ1n) is 5.36. The number of aliphatic hydroxyl groups excluding tert-OH is 2. The van der Waals surface area contributed by atoms with Gasteiger partial charge < -0.3 is 20.7 Å². The summed E-state index contributed by atoms with van der Waals surface area (Å²) >= 11 is 6.20. The molecule has 18 heavy (non-hydrogen) atoms. The predicted molar refractivity (Wildman–Crippen MR) is 64.2 cm³/mol. The van der Waals surface area contributed by atoms with Crippen LogP contribution in [0.25, 0.3) is 0 Å². The molecule has 1 aromatic heterocycles. The van der Waals surface area contributed by atoms with E-state index in [1.807, 2.05) is 0 Å². The van der Waals surface area contributed by atoms with Gasteiger partial charge in [-0.3, -0.25) is 4.57 Å². The Morgan fingerprint density at radius 2 is 2.39 bits per heavy atom. The molecule has 1 fully saturated rings. The van der Waals surface area contributed by atoms with E-state index in [-0.39, 0.29) is 5.82 Å². The Kier molecular flexibility index (Phi) is 3.33. The van der Waals surface area contributed by atoms with Gasteiger partial charge in [-0.2, -0.15) is 4.98 Å². The number of nitrogens with two attached hydrogens (primary N) is 1. The minimum Gasteiger partial charge on any atom is -0.394 e. The second kappa shape index (κ2) is 4.51. The summed E-state index contributed by atoms with van der Waals surface area (Å²) in [7, 11) is 0. The molecule has 0 bridgehead atoms. The lowest BCUT2D eigenvalue weighted by Crippen LogP contribution is -2.42. The zero-order valence-corrected chi connectivity index (χ0v) is 10.4. The van der Waals surface area contributed by atoms with E-state index in [9.17, 15) is 9.90 Å². The van der Waals surface area contributed by atoms with Crippen molar-refractivity contribution in [2.75, 3.05) is 12.3 Å². The summed E-state index contributed by atoms with van der Waals surface area (Å²) in [6.45, 7) is 1.14. The lowest BCUT2D eigenvalue weighted by Gasteiger charge is -2.26. The van der Waals surface area contributed by atoms with Crippen LogP contribution in [0.1, 0.15) is 13.2 Å². The highest BCUT2D eigenvalue weighted by Gasteiger charge is 2.53. The molecule has 0 amide bonds. The van der Waals surface area contributed by atoms with Gasteiger partial charge in [-0.05, 0) is 13.0 Å². The molecule has 0 aliphatic carbocycles. The van der Waals surface area contributed by atoms with Crippen LogP contribution in [0.15, 0.2) is 17.1 Å². The molecule has 1 aromatic rings. The number of aliphatic hydroxyl groups is 2. The summed E-state index contributed by atoms with van der Waals surface area (Å²) < 4.78 is 6.54. The highest BCUT2D eigenvalue weighted by Crippen LogP contribution is 2.42. The van der Waals surface area contributed by atoms with Crippen LogP contribution in [0.4, 0.5) is 5.82 Å². The third-order valence-electron chi connectivity index (χ3n) is 3.00. The number of halogens is 1. The number of nitrogen functional groups attached to an aromatic ring is 1. The molecule has 7 nitrogen and oxygen atoms in total. The molecule has 2 rings (SSSR count). The molecular formula is C10H14ClN3O4. The third-order valence-corrected chi connectivity index (χ3v) is 3.41. The predicted octanol–water partition coefficient (Wildman–Crippen LogP) is -0.926. The van der Waals surface area contributed by atoms with Crippen LogP contribution < -0.4 is 11.4 Å². The molecule has 2 heterocycles. The summed E-state index contributed by atoms with van der Waals surface area (Å²) in [6.07, 6.45) is -1.48. The highest BCUT2D eigenvalue weighted by atomic mass is 35.5. The average molecular weight is 276 g/mol. The molecule has 0 radical (unpaired) electrons. The lowest BCUT2D eigenvalue weighted by atomic mass is 10.0. The van der Waals surface area contributed by atoms with Crippen molar-refractivity contribution < 1.29 is 14.9 Å². The molecule has 0 saturated carbocycles. The number of aromatic nitrogens is 2. The number of anilines is 1. The van der Waals surface area contributed by atoms with Gasteiger partial charge in [-0.1, -0.05) is 0 Å². The molecule has 4 atom stereocenters. The quantitative estimate of drug-likeness (QED) is 0.602. The summed E-state index contributed by atoms with van der Waals surface area (Å²) in [6, 6.07) is 1.43. The first kappa shape index (κ1) is 13.3. The number of alkyl halides is 1. The van der Waals surface area contributed by atoms with Crippen molar-refractivity contribution in [2.45, 2.75) is 30.2 Å². The molecule has 100 valence electrons. The van der Waals surface area contributed by atoms with E-state index in [4.69, 9.17) is 27.2 Å². The average Bonchev–Trinajstić information content (AvgIpc) is 2.52. The number of hydrogen-bond acceptors (Lipinski definition) is 6. The molecule has 4 N–H and O–H groups in total. The van der Waals surface area contributed by atoms with Crippen molar-refractivity contribution in [3.05, 3.63) is 22.7 Å². The van der Waals surface area contributed by atoms with Gasteiger partial charge in [0.25, 0.3) is 0 Å². The van der Waals surface area contributed by atoms with Crippen molar-refractivity contribution >= 4 is 17.4 Å². The van der Waals surface area contributed by atoms with Crippen molar-refractivity contribution in [3.63, 3.8) is 0 Å². The van der Waals surface area contributed by atoms with Gasteiger partial charge in [0.05, 0.1) is 6.61 Å². The minimum atomic E-state index is -1.24. The molecule has 1 aliphatic heterocycles. The Labute approximate surface area is 108 Å². The second-order valence-electron chi connectivity index (χ2n) is 4.35. The maximum absolute atomic E-state index is 11.7. The van der Waals surface area contributed by atoms with Crippen LogP contribution in [-0.2, 0) is 4.74 Å². The lowest BCUT2D eigenvalue weighted by molar-refractivity contribution is -0.0469. The van der Waals surface area contributed by atoms with Crippen LogP contribution in [0.3, 0.4) is 0 Å². The van der Waals surface area contributed by atoms with Gasteiger partial charge in [0, 0.05) is 6.20 Å². The first-order chi connectivity index (χ1) is 8.37. The Hall–Kier alpha value is -1.15. The van der Waals surface area contributed by atoms with Gasteiger partial charge in [-0.15, -0.1) is 11.6 Å². The fraction of sp³-hybridized carbons (Fsp3) is 0.600. The van der Waals surface area contributed by atoms with E-state index in [0.29, 0.717) is 0 Å². The van der Waals surface area contributed by atoms with E-state index in [2.05, 4.69) is 4.98 Å². The molecule has 8 heteroatoms. The number of rotatable bonds is 2. The summed E-state index contributed by atoms with van der Waals surface area (Å²) in [5, 5.41) is 19.0. The van der Waals surface area contributed by atoms with E-state index < -0.39 is 35.6 Å². The van der Waals surface area contributed by atoms with Gasteiger partial charge in [0.2, 0.25) is 0 Å². The molecular weight excluding hydrogens is 262 g/mol. The fourth-order valence-electron chi connectivity index (χ4n) is 1.97. The normalized spacial score (nSPS) is 35.9.